The fourth-order valence-electron chi connectivity index (χ4n) is 2.51. The number of carbonyl (C=O) groups is 4. The molecule has 0 bridgehead atoms. The van der Waals surface area contributed by atoms with Gasteiger partial charge in [-0.05, 0) is 57.2 Å². The molecule has 0 radical (unpaired) electrons. The number of esters is 1. The smallest absolute Gasteiger partial charge is 0.319 e. The van der Waals surface area contributed by atoms with Gasteiger partial charge in [-0.3, -0.25) is 19.2 Å². The molecule has 0 saturated carbocycles. The number of hydrogen-bond donors (Lipinski definition) is 3. The van der Waals surface area contributed by atoms with Crippen molar-refractivity contribution < 1.29 is 23.9 Å². The molecule has 32 heavy (non-hydrogen) atoms. The van der Waals surface area contributed by atoms with E-state index in [1.54, 1.807) is 31.2 Å². The van der Waals surface area contributed by atoms with Gasteiger partial charge in [-0.15, -0.1) is 11.8 Å². The summed E-state index contributed by atoms with van der Waals surface area (Å²) in [4.78, 5) is 47.7. The lowest BCUT2D eigenvalue weighted by Gasteiger charge is -2.16. The van der Waals surface area contributed by atoms with Crippen molar-refractivity contribution in [3.05, 3.63) is 54.1 Å². The highest BCUT2D eigenvalue weighted by atomic mass is 32.2. The van der Waals surface area contributed by atoms with Gasteiger partial charge < -0.3 is 20.7 Å². The average molecular weight is 458 g/mol. The summed E-state index contributed by atoms with van der Waals surface area (Å²) in [7, 11) is 0. The van der Waals surface area contributed by atoms with Gasteiger partial charge in [0.2, 0.25) is 11.8 Å². The SMILES string of the molecule is CC(=O)Nc1ccc(NC(=O)[C@H](C)OC(=O)[C@@H](C)SCC(=O)Nc2ccc(C)cc2)cc1. The van der Waals surface area contributed by atoms with E-state index in [1.165, 1.54) is 13.8 Å². The van der Waals surface area contributed by atoms with Crippen LogP contribution in [-0.4, -0.2) is 40.8 Å². The van der Waals surface area contributed by atoms with Crippen LogP contribution in [0.25, 0.3) is 0 Å². The first kappa shape index (κ1) is 24.9. The van der Waals surface area contributed by atoms with E-state index in [4.69, 9.17) is 4.74 Å². The van der Waals surface area contributed by atoms with Gasteiger partial charge in [0.25, 0.3) is 5.91 Å². The number of ether oxygens (including phenoxy) is 1. The first-order chi connectivity index (χ1) is 15.1. The molecule has 0 unspecified atom stereocenters. The Balaban J connectivity index is 1.76. The predicted octanol–water partition coefficient (Wildman–Crippen LogP) is 3.58. The summed E-state index contributed by atoms with van der Waals surface area (Å²) >= 11 is 1.13. The number of thioether (sulfide) groups is 1. The molecule has 9 heteroatoms. The minimum Gasteiger partial charge on any atom is -0.452 e. The predicted molar refractivity (Wildman–Crippen MR) is 127 cm³/mol. The van der Waals surface area contributed by atoms with E-state index < -0.39 is 23.2 Å². The number of carbonyl (C=O) groups excluding carboxylic acids is 4. The van der Waals surface area contributed by atoms with E-state index in [9.17, 15) is 19.2 Å². The molecule has 0 aromatic heterocycles. The highest BCUT2D eigenvalue weighted by Crippen LogP contribution is 2.17. The van der Waals surface area contributed by atoms with Gasteiger partial charge in [0, 0.05) is 24.0 Å². The molecule has 0 aliphatic heterocycles. The molecule has 2 rings (SSSR count). The third kappa shape index (κ3) is 8.43. The van der Waals surface area contributed by atoms with Crippen molar-refractivity contribution in [3.63, 3.8) is 0 Å². The van der Waals surface area contributed by atoms with Crippen LogP contribution < -0.4 is 16.0 Å². The summed E-state index contributed by atoms with van der Waals surface area (Å²) < 4.78 is 5.23. The highest BCUT2D eigenvalue weighted by Gasteiger charge is 2.23. The van der Waals surface area contributed by atoms with Crippen molar-refractivity contribution in [2.75, 3.05) is 21.7 Å². The number of hydrogen-bond acceptors (Lipinski definition) is 6. The molecule has 2 aromatic rings. The molecule has 0 spiro atoms. The zero-order valence-corrected chi connectivity index (χ0v) is 19.2. The topological polar surface area (TPSA) is 114 Å². The van der Waals surface area contributed by atoms with Gasteiger partial charge in [0.1, 0.15) is 5.25 Å². The molecule has 0 saturated heterocycles. The van der Waals surface area contributed by atoms with E-state index >= 15 is 0 Å². The Morgan fingerprint density at radius 2 is 1.34 bits per heavy atom. The van der Waals surface area contributed by atoms with Crippen LogP contribution in [0.15, 0.2) is 48.5 Å². The summed E-state index contributed by atoms with van der Waals surface area (Å²) in [5, 5.41) is 7.42. The largest absolute Gasteiger partial charge is 0.452 e. The lowest BCUT2D eigenvalue weighted by molar-refractivity contribution is -0.152. The number of nitrogens with one attached hydrogen (secondary N) is 3. The minimum atomic E-state index is -1.01. The van der Waals surface area contributed by atoms with Crippen LogP contribution in [0, 0.1) is 6.92 Å². The molecule has 3 amide bonds. The standard InChI is InChI=1S/C23H27N3O5S/c1-14-5-7-19(8-6-14)25-21(28)13-32-16(3)23(30)31-15(2)22(29)26-20-11-9-18(10-12-20)24-17(4)27/h5-12,15-16H,13H2,1-4H3,(H,24,27)(H,25,28)(H,26,29)/t15-,16+/m0/s1. The molecule has 0 fully saturated rings. The van der Waals surface area contributed by atoms with Gasteiger partial charge >= 0.3 is 5.97 Å². The van der Waals surface area contributed by atoms with Gasteiger partial charge in [-0.1, -0.05) is 17.7 Å². The zero-order chi connectivity index (χ0) is 23.7. The second-order valence-electron chi connectivity index (χ2n) is 7.19. The van der Waals surface area contributed by atoms with E-state index in [0.29, 0.717) is 17.1 Å². The van der Waals surface area contributed by atoms with Crippen molar-refractivity contribution in [3.8, 4) is 0 Å². The Hall–Kier alpha value is -3.33. The molecule has 0 aliphatic carbocycles. The minimum absolute atomic E-state index is 0.0748. The first-order valence-electron chi connectivity index (χ1n) is 10.0. The van der Waals surface area contributed by atoms with Crippen LogP contribution in [-0.2, 0) is 23.9 Å². The van der Waals surface area contributed by atoms with E-state index in [-0.39, 0.29) is 17.6 Å². The Labute approximate surface area is 191 Å². The summed E-state index contributed by atoms with van der Waals surface area (Å²) in [6.45, 7) is 6.46. The van der Waals surface area contributed by atoms with Crippen LogP contribution in [0.5, 0.6) is 0 Å². The number of rotatable bonds is 9. The van der Waals surface area contributed by atoms with Crippen LogP contribution in [0.2, 0.25) is 0 Å². The van der Waals surface area contributed by atoms with Crippen molar-refractivity contribution >= 4 is 52.5 Å². The van der Waals surface area contributed by atoms with Crippen molar-refractivity contribution in [1.82, 2.24) is 0 Å². The highest BCUT2D eigenvalue weighted by molar-refractivity contribution is 8.01. The Morgan fingerprint density at radius 3 is 1.91 bits per heavy atom. The lowest BCUT2D eigenvalue weighted by atomic mass is 10.2. The molecule has 0 heterocycles. The summed E-state index contributed by atoms with van der Waals surface area (Å²) in [6.07, 6.45) is -1.01. The van der Waals surface area contributed by atoms with Gasteiger partial charge in [-0.2, -0.15) is 0 Å². The van der Waals surface area contributed by atoms with E-state index in [0.717, 1.165) is 17.3 Å². The molecule has 170 valence electrons. The van der Waals surface area contributed by atoms with E-state index in [1.807, 2.05) is 31.2 Å². The summed E-state index contributed by atoms with van der Waals surface area (Å²) in [5.41, 5.74) is 2.88. The molecular weight excluding hydrogens is 430 g/mol. The number of benzene rings is 2. The maximum Gasteiger partial charge on any atom is 0.319 e. The van der Waals surface area contributed by atoms with Crippen molar-refractivity contribution in [1.29, 1.82) is 0 Å². The average Bonchev–Trinajstić information content (AvgIpc) is 2.74. The van der Waals surface area contributed by atoms with Gasteiger partial charge in [-0.25, -0.2) is 0 Å². The third-order valence-electron chi connectivity index (χ3n) is 4.27. The summed E-state index contributed by atoms with van der Waals surface area (Å²) in [6, 6.07) is 14.0. The normalized spacial score (nSPS) is 12.2. The number of aryl methyl sites for hydroxylation is 1. The second-order valence-corrected chi connectivity index (χ2v) is 8.52. The lowest BCUT2D eigenvalue weighted by Crippen LogP contribution is -2.33. The molecule has 2 aromatic carbocycles. The van der Waals surface area contributed by atoms with Crippen molar-refractivity contribution in [2.45, 2.75) is 39.0 Å². The van der Waals surface area contributed by atoms with Crippen LogP contribution in [0.3, 0.4) is 0 Å². The maximum absolute atomic E-state index is 12.3. The molecule has 2 atom stereocenters. The second kappa shape index (κ2) is 11.9. The van der Waals surface area contributed by atoms with Crippen LogP contribution >= 0.6 is 11.8 Å². The summed E-state index contributed by atoms with van der Waals surface area (Å²) in [5.74, 6) is -1.42. The maximum atomic E-state index is 12.3. The Morgan fingerprint density at radius 1 is 0.844 bits per heavy atom. The fraction of sp³-hybridized carbons (Fsp3) is 0.304. The number of anilines is 3. The van der Waals surface area contributed by atoms with Crippen molar-refractivity contribution in [2.24, 2.45) is 0 Å². The molecule has 8 nitrogen and oxygen atoms in total. The molecule has 0 aliphatic rings. The van der Waals surface area contributed by atoms with Gasteiger partial charge in [0.15, 0.2) is 6.10 Å². The Kier molecular flexibility index (Phi) is 9.27. The van der Waals surface area contributed by atoms with Crippen LogP contribution in [0.4, 0.5) is 17.1 Å². The first-order valence-corrected chi connectivity index (χ1v) is 11.1. The number of amides is 3. The van der Waals surface area contributed by atoms with Gasteiger partial charge in [0.05, 0.1) is 5.75 Å². The molecule has 3 N–H and O–H groups in total. The monoisotopic (exact) mass is 457 g/mol. The molecular formula is C23H27N3O5S. The quantitative estimate of drug-likeness (QED) is 0.496. The third-order valence-corrected chi connectivity index (χ3v) is 5.39. The Bertz CT molecular complexity index is 961. The van der Waals surface area contributed by atoms with Crippen LogP contribution in [0.1, 0.15) is 26.3 Å². The zero-order valence-electron chi connectivity index (χ0n) is 18.4. The van der Waals surface area contributed by atoms with E-state index in [2.05, 4.69) is 16.0 Å². The fourth-order valence-corrected chi connectivity index (χ4v) is 3.18.